The lowest BCUT2D eigenvalue weighted by molar-refractivity contribution is -0.141. The number of carboxylic acid groups (broad SMARTS) is 1. The van der Waals surface area contributed by atoms with E-state index in [1.807, 2.05) is 0 Å². The maximum atomic E-state index is 13.7. The molecule has 0 saturated heterocycles. The molecule has 1 aromatic carbocycles. The van der Waals surface area contributed by atoms with Gasteiger partial charge in [-0.05, 0) is 12.5 Å². The first-order chi connectivity index (χ1) is 8.55. The van der Waals surface area contributed by atoms with Crippen molar-refractivity contribution in [2.45, 2.75) is 18.2 Å². The van der Waals surface area contributed by atoms with Gasteiger partial charge in [-0.2, -0.15) is 0 Å². The fourth-order valence-electron chi connectivity index (χ4n) is 1.55. The van der Waals surface area contributed by atoms with Crippen molar-refractivity contribution >= 4 is 15.8 Å². The van der Waals surface area contributed by atoms with E-state index < -0.39 is 44.0 Å². The molecule has 19 heavy (non-hydrogen) atoms. The highest BCUT2D eigenvalue weighted by molar-refractivity contribution is 7.90. The number of halogens is 2. The molecule has 1 rings (SSSR count). The number of hydrogen-bond acceptors (Lipinski definition) is 4. The molecule has 1 atom stereocenters. The maximum Gasteiger partial charge on any atom is 0.306 e. The molecule has 1 unspecified atom stereocenters. The van der Waals surface area contributed by atoms with Gasteiger partial charge in [0.15, 0.2) is 21.4 Å². The van der Waals surface area contributed by atoms with Crippen LogP contribution in [0.3, 0.4) is 0 Å². The van der Waals surface area contributed by atoms with Gasteiger partial charge in [-0.15, -0.1) is 0 Å². The fraction of sp³-hybridized carbons (Fsp3) is 0.364. The second-order valence-corrected chi connectivity index (χ2v) is 6.18. The van der Waals surface area contributed by atoms with Crippen molar-refractivity contribution in [3.8, 4) is 5.75 Å². The molecular formula is C11H12F2O5S. The van der Waals surface area contributed by atoms with Gasteiger partial charge in [-0.3, -0.25) is 4.79 Å². The SMILES string of the molecule is CC(Cc1cc(F)c(S(C)(=O)=O)c(F)c1O)C(=O)O. The number of phenols is 1. The summed E-state index contributed by atoms with van der Waals surface area (Å²) in [5.74, 6) is -6.18. The van der Waals surface area contributed by atoms with Crippen molar-refractivity contribution in [1.29, 1.82) is 0 Å². The van der Waals surface area contributed by atoms with Gasteiger partial charge in [0.25, 0.3) is 0 Å². The Bertz CT molecular complexity index is 624. The monoisotopic (exact) mass is 294 g/mol. The highest BCUT2D eigenvalue weighted by Crippen LogP contribution is 2.31. The molecule has 106 valence electrons. The molecule has 5 nitrogen and oxygen atoms in total. The number of rotatable bonds is 4. The standard InChI is InChI=1S/C11H12F2O5S/c1-5(11(15)16)3-6-4-7(12)10(19(2,17)18)8(13)9(6)14/h4-5,14H,3H2,1-2H3,(H,15,16). The van der Waals surface area contributed by atoms with Crippen molar-refractivity contribution in [3.63, 3.8) is 0 Å². The second kappa shape index (κ2) is 5.12. The van der Waals surface area contributed by atoms with Gasteiger partial charge >= 0.3 is 5.97 Å². The minimum absolute atomic E-state index is 0.294. The molecule has 0 bridgehead atoms. The number of aliphatic carboxylic acids is 1. The molecule has 0 aromatic heterocycles. The Kier molecular flexibility index (Phi) is 4.14. The molecule has 0 fully saturated rings. The summed E-state index contributed by atoms with van der Waals surface area (Å²) in [6.07, 6.45) is 0.284. The van der Waals surface area contributed by atoms with Crippen LogP contribution in [0.5, 0.6) is 5.75 Å². The van der Waals surface area contributed by atoms with Gasteiger partial charge in [0.1, 0.15) is 10.7 Å². The quantitative estimate of drug-likeness (QED) is 0.874. The zero-order valence-electron chi connectivity index (χ0n) is 10.1. The van der Waals surface area contributed by atoms with E-state index in [0.717, 1.165) is 0 Å². The van der Waals surface area contributed by atoms with E-state index in [9.17, 15) is 27.1 Å². The van der Waals surface area contributed by atoms with E-state index in [4.69, 9.17) is 5.11 Å². The second-order valence-electron chi connectivity index (χ2n) is 4.22. The molecule has 0 amide bonds. The predicted molar refractivity (Wildman–Crippen MR) is 61.6 cm³/mol. The summed E-state index contributed by atoms with van der Waals surface area (Å²) in [6.45, 7) is 1.29. The van der Waals surface area contributed by atoms with Crippen molar-refractivity contribution in [3.05, 3.63) is 23.3 Å². The van der Waals surface area contributed by atoms with Gasteiger partial charge in [0.2, 0.25) is 0 Å². The van der Waals surface area contributed by atoms with Gasteiger partial charge in [0.05, 0.1) is 5.92 Å². The van der Waals surface area contributed by atoms with E-state index in [1.165, 1.54) is 6.92 Å². The number of carbonyl (C=O) groups is 1. The van der Waals surface area contributed by atoms with Crippen LogP contribution in [0, 0.1) is 17.6 Å². The smallest absolute Gasteiger partial charge is 0.306 e. The summed E-state index contributed by atoms with van der Waals surface area (Å²) < 4.78 is 49.6. The van der Waals surface area contributed by atoms with Crippen molar-refractivity contribution in [1.82, 2.24) is 0 Å². The Hall–Kier alpha value is -1.70. The van der Waals surface area contributed by atoms with Crippen LogP contribution in [-0.2, 0) is 21.1 Å². The third-order valence-corrected chi connectivity index (χ3v) is 3.66. The molecule has 0 aliphatic heterocycles. The number of hydrogen-bond donors (Lipinski definition) is 2. The lowest BCUT2D eigenvalue weighted by Gasteiger charge is -2.11. The number of aromatic hydroxyl groups is 1. The highest BCUT2D eigenvalue weighted by Gasteiger charge is 2.26. The minimum atomic E-state index is -4.17. The Morgan fingerprint density at radius 1 is 1.42 bits per heavy atom. The first kappa shape index (κ1) is 15.4. The van der Waals surface area contributed by atoms with Crippen molar-refractivity contribution in [2.75, 3.05) is 6.26 Å². The predicted octanol–water partition coefficient (Wildman–Crippen LogP) is 1.34. The van der Waals surface area contributed by atoms with Gasteiger partial charge in [-0.25, -0.2) is 17.2 Å². The van der Waals surface area contributed by atoms with Gasteiger partial charge in [-0.1, -0.05) is 6.92 Å². The number of sulfone groups is 1. The molecule has 1 aromatic rings. The van der Waals surface area contributed by atoms with Crippen LogP contribution < -0.4 is 0 Å². The van der Waals surface area contributed by atoms with Crippen LogP contribution in [0.15, 0.2) is 11.0 Å². The summed E-state index contributed by atoms with van der Waals surface area (Å²) in [4.78, 5) is 9.42. The zero-order valence-corrected chi connectivity index (χ0v) is 11.0. The van der Waals surface area contributed by atoms with E-state index in [1.54, 1.807) is 0 Å². The molecule has 0 heterocycles. The van der Waals surface area contributed by atoms with E-state index >= 15 is 0 Å². The normalized spacial score (nSPS) is 13.3. The average Bonchev–Trinajstić information content (AvgIpc) is 2.23. The van der Waals surface area contributed by atoms with Crippen LogP contribution in [0.1, 0.15) is 12.5 Å². The Balaban J connectivity index is 3.38. The Morgan fingerprint density at radius 3 is 2.37 bits per heavy atom. The molecule has 0 aliphatic rings. The van der Waals surface area contributed by atoms with E-state index in [-0.39, 0.29) is 12.0 Å². The number of phenolic OH excluding ortho intramolecular Hbond substituents is 1. The Morgan fingerprint density at radius 2 is 1.95 bits per heavy atom. The number of carboxylic acids is 1. The molecule has 8 heteroatoms. The summed E-state index contributed by atoms with van der Waals surface area (Å²) >= 11 is 0. The summed E-state index contributed by atoms with van der Waals surface area (Å²) in [7, 11) is -4.17. The van der Waals surface area contributed by atoms with Gasteiger partial charge < -0.3 is 10.2 Å². The third kappa shape index (κ3) is 3.19. The molecule has 0 aliphatic carbocycles. The van der Waals surface area contributed by atoms with E-state index in [2.05, 4.69) is 0 Å². The topological polar surface area (TPSA) is 91.7 Å². The fourth-order valence-corrected chi connectivity index (χ4v) is 2.39. The highest BCUT2D eigenvalue weighted by atomic mass is 32.2. The van der Waals surface area contributed by atoms with E-state index in [0.29, 0.717) is 12.3 Å². The largest absolute Gasteiger partial charge is 0.505 e. The van der Waals surface area contributed by atoms with Crippen molar-refractivity contribution in [2.24, 2.45) is 5.92 Å². The summed E-state index contributed by atoms with van der Waals surface area (Å²) in [6, 6.07) is 0.633. The number of benzene rings is 1. The molecule has 2 N–H and O–H groups in total. The molecular weight excluding hydrogens is 282 g/mol. The van der Waals surface area contributed by atoms with Gasteiger partial charge in [0, 0.05) is 11.8 Å². The lowest BCUT2D eigenvalue weighted by Crippen LogP contribution is -2.14. The van der Waals surface area contributed by atoms with Crippen LogP contribution >= 0.6 is 0 Å². The van der Waals surface area contributed by atoms with Crippen LogP contribution in [0.2, 0.25) is 0 Å². The lowest BCUT2D eigenvalue weighted by atomic mass is 10.0. The Labute approximate surface area is 108 Å². The minimum Gasteiger partial charge on any atom is -0.505 e. The molecule has 0 spiro atoms. The molecule has 0 radical (unpaired) electrons. The summed E-state index contributed by atoms with van der Waals surface area (Å²) in [5, 5.41) is 18.2. The maximum absolute atomic E-state index is 13.7. The first-order valence-corrected chi connectivity index (χ1v) is 7.07. The van der Waals surface area contributed by atoms with Crippen LogP contribution in [-0.4, -0.2) is 30.9 Å². The van der Waals surface area contributed by atoms with Crippen LogP contribution in [0.4, 0.5) is 8.78 Å². The first-order valence-electron chi connectivity index (χ1n) is 5.18. The summed E-state index contributed by atoms with van der Waals surface area (Å²) in [5.41, 5.74) is -0.294. The zero-order chi connectivity index (χ0) is 15.0. The molecule has 0 saturated carbocycles. The van der Waals surface area contributed by atoms with Crippen molar-refractivity contribution < 1.29 is 32.2 Å². The third-order valence-electron chi connectivity index (χ3n) is 2.55. The average molecular weight is 294 g/mol. The van der Waals surface area contributed by atoms with Crippen LogP contribution in [0.25, 0.3) is 0 Å².